The second-order valence-electron chi connectivity index (χ2n) is 7.79. The summed E-state index contributed by atoms with van der Waals surface area (Å²) in [5.74, 6) is -2.11. The van der Waals surface area contributed by atoms with Crippen LogP contribution in [0.5, 0.6) is 0 Å². The molecule has 4 atom stereocenters. The summed E-state index contributed by atoms with van der Waals surface area (Å²) in [5, 5.41) is 27.1. The van der Waals surface area contributed by atoms with Crippen molar-refractivity contribution in [3.05, 3.63) is 0 Å². The Morgan fingerprint density at radius 1 is 0.917 bits per heavy atom. The Bertz CT molecular complexity index is 488. The smallest absolute Gasteiger partial charge is 0.303 e. The first-order chi connectivity index (χ1) is 11.0. The van der Waals surface area contributed by atoms with Gasteiger partial charge in [0.15, 0.2) is 0 Å². The van der Waals surface area contributed by atoms with Gasteiger partial charge in [0.1, 0.15) is 0 Å². The van der Waals surface area contributed by atoms with E-state index < -0.39 is 17.9 Å². The lowest BCUT2D eigenvalue weighted by Crippen LogP contribution is -2.49. The van der Waals surface area contributed by atoms with Gasteiger partial charge < -0.3 is 15.3 Å². The molecule has 0 aromatic heterocycles. The van der Waals surface area contributed by atoms with Crippen LogP contribution in [0.1, 0.15) is 72.1 Å². The van der Waals surface area contributed by atoms with Gasteiger partial charge in [0.05, 0.1) is 0 Å². The lowest BCUT2D eigenvalue weighted by Gasteiger charge is -2.57. The average molecular weight is 342 g/mol. The van der Waals surface area contributed by atoms with E-state index in [0.29, 0.717) is 19.3 Å². The molecule has 0 saturated heterocycles. The van der Waals surface area contributed by atoms with Crippen molar-refractivity contribution in [2.24, 2.45) is 22.7 Å². The van der Waals surface area contributed by atoms with Gasteiger partial charge in [0.25, 0.3) is 0 Å². The van der Waals surface area contributed by atoms with Crippen LogP contribution in [0, 0.1) is 22.7 Å². The Hall–Kier alpha value is -1.59. The van der Waals surface area contributed by atoms with E-state index >= 15 is 0 Å². The van der Waals surface area contributed by atoms with Crippen molar-refractivity contribution in [2.45, 2.75) is 72.1 Å². The van der Waals surface area contributed by atoms with Gasteiger partial charge in [-0.15, -0.1) is 0 Å². The van der Waals surface area contributed by atoms with Gasteiger partial charge in [-0.3, -0.25) is 14.4 Å². The predicted molar refractivity (Wildman–Crippen MR) is 88.7 cm³/mol. The highest BCUT2D eigenvalue weighted by Crippen LogP contribution is 2.60. The fourth-order valence-electron chi connectivity index (χ4n) is 4.50. The monoisotopic (exact) mass is 342 g/mol. The zero-order valence-corrected chi connectivity index (χ0v) is 14.9. The minimum atomic E-state index is -0.850. The normalized spacial score (nSPS) is 33.1. The van der Waals surface area contributed by atoms with Crippen LogP contribution in [-0.4, -0.2) is 33.2 Å². The van der Waals surface area contributed by atoms with Gasteiger partial charge in [0.2, 0.25) is 0 Å². The summed E-state index contributed by atoms with van der Waals surface area (Å²) in [5.41, 5.74) is -0.567. The number of carbonyl (C=O) groups is 3. The predicted octanol–water partition coefficient (Wildman–Crippen LogP) is 3.64. The number of hydrogen-bond acceptors (Lipinski definition) is 3. The number of carboxylic acid groups (broad SMARTS) is 3. The van der Waals surface area contributed by atoms with Crippen LogP contribution in [0.3, 0.4) is 0 Å². The standard InChI is InChI=1S/C18H30O6/c1-12-13(4-5-14(19)20)6-9-17(2,10-7-15(21)22)18(12,3)11-8-16(23)24/h12-13H,4-11H2,1-3H3,(H,19,20)(H,21,22)(H,23,24). The fraction of sp³-hybridized carbons (Fsp3) is 0.833. The number of hydrogen-bond donors (Lipinski definition) is 3. The molecule has 0 aromatic rings. The molecule has 0 bridgehead atoms. The second kappa shape index (κ2) is 7.99. The highest BCUT2D eigenvalue weighted by molar-refractivity contribution is 5.67. The zero-order valence-electron chi connectivity index (χ0n) is 14.9. The van der Waals surface area contributed by atoms with Crippen LogP contribution in [0.25, 0.3) is 0 Å². The summed E-state index contributed by atoms with van der Waals surface area (Å²) < 4.78 is 0. The molecular formula is C18H30O6. The highest BCUT2D eigenvalue weighted by Gasteiger charge is 2.52. The summed E-state index contributed by atoms with van der Waals surface area (Å²) in [7, 11) is 0. The molecule has 24 heavy (non-hydrogen) atoms. The van der Waals surface area contributed by atoms with Crippen molar-refractivity contribution in [3.63, 3.8) is 0 Å². The lowest BCUT2D eigenvalue weighted by molar-refractivity contribution is -0.144. The molecule has 0 heterocycles. The molecule has 0 amide bonds. The second-order valence-corrected chi connectivity index (χ2v) is 7.79. The van der Waals surface area contributed by atoms with Crippen molar-refractivity contribution in [1.29, 1.82) is 0 Å². The van der Waals surface area contributed by atoms with E-state index in [1.807, 2.05) is 0 Å². The maximum atomic E-state index is 11.1. The molecular weight excluding hydrogens is 312 g/mol. The van der Waals surface area contributed by atoms with Gasteiger partial charge in [-0.05, 0) is 54.8 Å². The van der Waals surface area contributed by atoms with Crippen LogP contribution in [-0.2, 0) is 14.4 Å². The molecule has 1 saturated carbocycles. The SMILES string of the molecule is CC1C(CCC(=O)O)CCC(C)(CCC(=O)O)C1(C)CCC(=O)O. The van der Waals surface area contributed by atoms with Gasteiger partial charge in [-0.1, -0.05) is 20.8 Å². The van der Waals surface area contributed by atoms with Crippen LogP contribution in [0.2, 0.25) is 0 Å². The molecule has 3 N–H and O–H groups in total. The maximum Gasteiger partial charge on any atom is 0.303 e. The summed E-state index contributed by atoms with van der Waals surface area (Å²) in [6, 6.07) is 0. The zero-order chi connectivity index (χ0) is 18.5. The molecule has 1 rings (SSSR count). The molecule has 1 aliphatic carbocycles. The lowest BCUT2D eigenvalue weighted by atomic mass is 9.47. The molecule has 6 nitrogen and oxygen atoms in total. The first kappa shape index (κ1) is 20.5. The third-order valence-electron chi connectivity index (χ3n) is 6.64. The van der Waals surface area contributed by atoms with Crippen LogP contribution < -0.4 is 0 Å². The highest BCUT2D eigenvalue weighted by atomic mass is 16.4. The number of carboxylic acids is 3. The molecule has 1 fully saturated rings. The van der Waals surface area contributed by atoms with Gasteiger partial charge >= 0.3 is 17.9 Å². The van der Waals surface area contributed by atoms with E-state index in [9.17, 15) is 14.4 Å². The molecule has 0 spiro atoms. The molecule has 0 aliphatic heterocycles. The van der Waals surface area contributed by atoms with Crippen molar-refractivity contribution < 1.29 is 29.7 Å². The van der Waals surface area contributed by atoms with E-state index in [1.165, 1.54) is 0 Å². The van der Waals surface area contributed by atoms with Crippen LogP contribution in [0.4, 0.5) is 0 Å². The molecule has 4 unspecified atom stereocenters. The average Bonchev–Trinajstić information content (AvgIpc) is 2.48. The summed E-state index contributed by atoms with van der Waals surface area (Å²) >= 11 is 0. The summed E-state index contributed by atoms with van der Waals surface area (Å²) in [6.07, 6.45) is 3.53. The van der Waals surface area contributed by atoms with E-state index in [-0.39, 0.29) is 41.9 Å². The largest absolute Gasteiger partial charge is 0.481 e. The molecule has 138 valence electrons. The minimum Gasteiger partial charge on any atom is -0.481 e. The number of rotatable bonds is 9. The maximum absolute atomic E-state index is 11.1. The van der Waals surface area contributed by atoms with Crippen molar-refractivity contribution in [3.8, 4) is 0 Å². The van der Waals surface area contributed by atoms with Crippen LogP contribution >= 0.6 is 0 Å². The van der Waals surface area contributed by atoms with E-state index in [0.717, 1.165) is 12.8 Å². The Labute approximate surface area is 143 Å². The fourth-order valence-corrected chi connectivity index (χ4v) is 4.50. The minimum absolute atomic E-state index is 0.0507. The molecule has 0 aromatic carbocycles. The third kappa shape index (κ3) is 4.71. The first-order valence-electron chi connectivity index (χ1n) is 8.67. The summed E-state index contributed by atoms with van der Waals surface area (Å²) in [6.45, 7) is 6.21. The number of aliphatic carboxylic acids is 3. The Morgan fingerprint density at radius 3 is 1.92 bits per heavy atom. The van der Waals surface area contributed by atoms with Crippen molar-refractivity contribution in [2.75, 3.05) is 0 Å². The van der Waals surface area contributed by atoms with Gasteiger partial charge in [-0.2, -0.15) is 0 Å². The Morgan fingerprint density at radius 2 is 1.42 bits per heavy atom. The summed E-state index contributed by atoms with van der Waals surface area (Å²) in [4.78, 5) is 33.0. The third-order valence-corrected chi connectivity index (χ3v) is 6.64. The van der Waals surface area contributed by atoms with Crippen molar-refractivity contribution >= 4 is 17.9 Å². The van der Waals surface area contributed by atoms with Gasteiger partial charge in [-0.25, -0.2) is 0 Å². The van der Waals surface area contributed by atoms with Gasteiger partial charge in [0, 0.05) is 19.3 Å². The Kier molecular flexibility index (Phi) is 6.81. The van der Waals surface area contributed by atoms with E-state index in [1.54, 1.807) is 0 Å². The van der Waals surface area contributed by atoms with Crippen molar-refractivity contribution in [1.82, 2.24) is 0 Å². The molecule has 0 radical (unpaired) electrons. The van der Waals surface area contributed by atoms with Crippen LogP contribution in [0.15, 0.2) is 0 Å². The Balaban J connectivity index is 3.01. The van der Waals surface area contributed by atoms with E-state index in [2.05, 4.69) is 20.8 Å². The quantitative estimate of drug-likeness (QED) is 0.590. The first-order valence-corrected chi connectivity index (χ1v) is 8.67. The topological polar surface area (TPSA) is 112 Å². The molecule has 6 heteroatoms. The molecule has 1 aliphatic rings. The van der Waals surface area contributed by atoms with E-state index in [4.69, 9.17) is 15.3 Å².